The van der Waals surface area contributed by atoms with E-state index in [2.05, 4.69) is 15.9 Å². The van der Waals surface area contributed by atoms with E-state index in [4.69, 9.17) is 18.9 Å². The van der Waals surface area contributed by atoms with Crippen molar-refractivity contribution in [3.8, 4) is 5.75 Å². The maximum Gasteiger partial charge on any atom is 0.120 e. The first-order valence-corrected chi connectivity index (χ1v) is 6.65. The van der Waals surface area contributed by atoms with Gasteiger partial charge in [-0.1, -0.05) is 22.0 Å². The van der Waals surface area contributed by atoms with Gasteiger partial charge in [0, 0.05) is 11.6 Å². The van der Waals surface area contributed by atoms with Crippen LogP contribution in [0.2, 0.25) is 0 Å². The summed E-state index contributed by atoms with van der Waals surface area (Å²) in [6.45, 7) is 3.47. The fraction of sp³-hybridized carbons (Fsp3) is 0.538. The van der Waals surface area contributed by atoms with Crippen LogP contribution in [0.1, 0.15) is 0 Å². The van der Waals surface area contributed by atoms with Crippen LogP contribution in [-0.2, 0) is 14.2 Å². The molecule has 0 saturated carbocycles. The van der Waals surface area contributed by atoms with Crippen molar-refractivity contribution in [2.24, 2.45) is 0 Å². The number of benzene rings is 1. The molecule has 0 unspecified atom stereocenters. The highest BCUT2D eigenvalue weighted by Gasteiger charge is 1.95. The maximum absolute atomic E-state index is 5.52. The largest absolute Gasteiger partial charge is 0.491 e. The van der Waals surface area contributed by atoms with E-state index >= 15 is 0 Å². The van der Waals surface area contributed by atoms with Crippen molar-refractivity contribution in [2.45, 2.75) is 0 Å². The summed E-state index contributed by atoms with van der Waals surface area (Å²) in [7, 11) is 1.65. The quantitative estimate of drug-likeness (QED) is 0.621. The normalized spacial score (nSPS) is 10.6. The Balaban J connectivity index is 1.92. The molecule has 0 saturated heterocycles. The molecule has 102 valence electrons. The summed E-state index contributed by atoms with van der Waals surface area (Å²) >= 11 is 3.39. The van der Waals surface area contributed by atoms with Crippen molar-refractivity contribution in [1.29, 1.82) is 0 Å². The van der Waals surface area contributed by atoms with E-state index in [1.54, 1.807) is 7.11 Å². The zero-order valence-electron chi connectivity index (χ0n) is 10.6. The minimum atomic E-state index is 0.536. The first kappa shape index (κ1) is 15.4. The van der Waals surface area contributed by atoms with E-state index in [1.807, 2.05) is 24.3 Å². The Bertz CT molecular complexity index is 320. The van der Waals surface area contributed by atoms with Crippen LogP contribution in [0, 0.1) is 0 Å². The molecule has 18 heavy (non-hydrogen) atoms. The highest BCUT2D eigenvalue weighted by molar-refractivity contribution is 9.10. The highest BCUT2D eigenvalue weighted by Crippen LogP contribution is 2.17. The van der Waals surface area contributed by atoms with Crippen LogP contribution in [0.4, 0.5) is 0 Å². The minimum absolute atomic E-state index is 0.536. The molecule has 0 N–H and O–H groups in total. The van der Waals surface area contributed by atoms with Gasteiger partial charge in [-0.2, -0.15) is 0 Å². The Morgan fingerprint density at radius 3 is 2.28 bits per heavy atom. The van der Waals surface area contributed by atoms with Crippen LogP contribution >= 0.6 is 15.9 Å². The molecule has 0 fully saturated rings. The number of ether oxygens (including phenoxy) is 4. The molecular formula is C13H19BrO4. The summed E-state index contributed by atoms with van der Waals surface area (Å²) < 4.78 is 22.0. The Morgan fingerprint density at radius 2 is 1.61 bits per heavy atom. The summed E-state index contributed by atoms with van der Waals surface area (Å²) in [6.07, 6.45) is 0. The first-order valence-electron chi connectivity index (χ1n) is 5.85. The fourth-order valence-corrected chi connectivity index (χ4v) is 1.62. The standard InChI is InChI=1S/C13H19BrO4/c1-15-5-6-16-7-8-17-9-10-18-13-4-2-3-12(14)11-13/h2-4,11H,5-10H2,1H3. The van der Waals surface area contributed by atoms with E-state index in [0.717, 1.165) is 10.2 Å². The maximum atomic E-state index is 5.52. The van der Waals surface area contributed by atoms with Crippen LogP contribution in [-0.4, -0.2) is 46.8 Å². The number of halogens is 1. The summed E-state index contributed by atoms with van der Waals surface area (Å²) in [6, 6.07) is 7.73. The van der Waals surface area contributed by atoms with E-state index in [-0.39, 0.29) is 0 Å². The lowest BCUT2D eigenvalue weighted by atomic mass is 10.3. The molecule has 1 aromatic carbocycles. The molecular weight excluding hydrogens is 300 g/mol. The van der Waals surface area contributed by atoms with E-state index in [1.165, 1.54) is 0 Å². The molecule has 0 radical (unpaired) electrons. The van der Waals surface area contributed by atoms with Crippen molar-refractivity contribution in [2.75, 3.05) is 46.8 Å². The van der Waals surface area contributed by atoms with Crippen molar-refractivity contribution < 1.29 is 18.9 Å². The zero-order valence-corrected chi connectivity index (χ0v) is 12.1. The third-order valence-corrected chi connectivity index (χ3v) is 2.59. The second-order valence-corrected chi connectivity index (χ2v) is 4.44. The predicted octanol–water partition coefficient (Wildman–Crippen LogP) is 2.51. The van der Waals surface area contributed by atoms with Gasteiger partial charge in [-0.05, 0) is 18.2 Å². The molecule has 5 heteroatoms. The van der Waals surface area contributed by atoms with Gasteiger partial charge in [0.1, 0.15) is 12.4 Å². The monoisotopic (exact) mass is 318 g/mol. The summed E-state index contributed by atoms with van der Waals surface area (Å²) in [5.41, 5.74) is 0. The van der Waals surface area contributed by atoms with Gasteiger partial charge in [-0.3, -0.25) is 0 Å². The third kappa shape index (κ3) is 7.66. The smallest absolute Gasteiger partial charge is 0.120 e. The fourth-order valence-electron chi connectivity index (χ4n) is 1.24. The van der Waals surface area contributed by atoms with Gasteiger partial charge in [-0.25, -0.2) is 0 Å². The van der Waals surface area contributed by atoms with Crippen molar-refractivity contribution in [3.63, 3.8) is 0 Å². The van der Waals surface area contributed by atoms with Gasteiger partial charge in [0.2, 0.25) is 0 Å². The second-order valence-electron chi connectivity index (χ2n) is 3.52. The second kappa shape index (κ2) is 10.3. The van der Waals surface area contributed by atoms with Crippen LogP contribution in [0.15, 0.2) is 28.7 Å². The number of methoxy groups -OCH3 is 1. The van der Waals surface area contributed by atoms with E-state index in [9.17, 15) is 0 Å². The van der Waals surface area contributed by atoms with Gasteiger partial charge >= 0.3 is 0 Å². The molecule has 0 spiro atoms. The molecule has 0 aliphatic carbocycles. The molecule has 0 aliphatic heterocycles. The Morgan fingerprint density at radius 1 is 0.944 bits per heavy atom. The van der Waals surface area contributed by atoms with Crippen LogP contribution in [0.3, 0.4) is 0 Å². The SMILES string of the molecule is COCCOCCOCCOc1cccc(Br)c1. The molecule has 0 amide bonds. The van der Waals surface area contributed by atoms with Crippen LogP contribution < -0.4 is 4.74 Å². The number of hydrogen-bond acceptors (Lipinski definition) is 4. The Hall–Kier alpha value is -0.620. The molecule has 1 rings (SSSR count). The third-order valence-electron chi connectivity index (χ3n) is 2.10. The van der Waals surface area contributed by atoms with Gasteiger partial charge in [-0.15, -0.1) is 0 Å². The highest BCUT2D eigenvalue weighted by atomic mass is 79.9. The molecule has 0 heterocycles. The molecule has 1 aromatic rings. The Labute approximate surface area is 116 Å². The molecule has 0 atom stereocenters. The van der Waals surface area contributed by atoms with Gasteiger partial charge < -0.3 is 18.9 Å². The lowest BCUT2D eigenvalue weighted by molar-refractivity contribution is 0.0179. The van der Waals surface area contributed by atoms with Crippen LogP contribution in [0.25, 0.3) is 0 Å². The minimum Gasteiger partial charge on any atom is -0.491 e. The summed E-state index contributed by atoms with van der Waals surface area (Å²) in [4.78, 5) is 0. The Kier molecular flexibility index (Phi) is 8.85. The molecule has 0 aliphatic rings. The lowest BCUT2D eigenvalue weighted by Crippen LogP contribution is -2.12. The zero-order chi connectivity index (χ0) is 13.1. The first-order chi connectivity index (χ1) is 8.83. The van der Waals surface area contributed by atoms with Crippen molar-refractivity contribution in [1.82, 2.24) is 0 Å². The van der Waals surface area contributed by atoms with Gasteiger partial charge in [0.05, 0.1) is 33.0 Å². The average molecular weight is 319 g/mol. The molecule has 0 aromatic heterocycles. The van der Waals surface area contributed by atoms with E-state index < -0.39 is 0 Å². The van der Waals surface area contributed by atoms with Crippen molar-refractivity contribution >= 4 is 15.9 Å². The van der Waals surface area contributed by atoms with Gasteiger partial charge in [0.25, 0.3) is 0 Å². The van der Waals surface area contributed by atoms with E-state index in [0.29, 0.717) is 39.6 Å². The van der Waals surface area contributed by atoms with Crippen LogP contribution in [0.5, 0.6) is 5.75 Å². The average Bonchev–Trinajstić information content (AvgIpc) is 2.37. The topological polar surface area (TPSA) is 36.9 Å². The van der Waals surface area contributed by atoms with Gasteiger partial charge in [0.15, 0.2) is 0 Å². The lowest BCUT2D eigenvalue weighted by Gasteiger charge is -2.07. The predicted molar refractivity (Wildman–Crippen MR) is 73.2 cm³/mol. The summed E-state index contributed by atoms with van der Waals surface area (Å²) in [5.74, 6) is 0.837. The molecule has 0 bridgehead atoms. The molecule has 4 nitrogen and oxygen atoms in total. The number of rotatable bonds is 10. The number of hydrogen-bond donors (Lipinski definition) is 0. The van der Waals surface area contributed by atoms with Crippen molar-refractivity contribution in [3.05, 3.63) is 28.7 Å². The summed E-state index contributed by atoms with van der Waals surface area (Å²) in [5, 5.41) is 0.